The quantitative estimate of drug-likeness (QED) is 0.378. The van der Waals surface area contributed by atoms with E-state index >= 15 is 0 Å². The minimum atomic E-state index is -0.101. The molecule has 8 heteroatoms. The van der Waals surface area contributed by atoms with Gasteiger partial charge in [-0.25, -0.2) is 4.98 Å². The van der Waals surface area contributed by atoms with Crippen LogP contribution in [0.2, 0.25) is 0 Å². The van der Waals surface area contributed by atoms with Gasteiger partial charge in [0, 0.05) is 17.2 Å². The molecule has 3 heterocycles. The lowest BCUT2D eigenvalue weighted by molar-refractivity contribution is -0.113. The molecular formula is C26H31N3O3S2. The molecule has 2 atom stereocenters. The first-order chi connectivity index (χ1) is 16.4. The number of anilines is 1. The molecule has 6 nitrogen and oxygen atoms in total. The van der Waals surface area contributed by atoms with Gasteiger partial charge >= 0.3 is 0 Å². The maximum Gasteiger partial charge on any atom is 0.263 e. The molecule has 180 valence electrons. The van der Waals surface area contributed by atoms with E-state index in [4.69, 9.17) is 9.72 Å². The van der Waals surface area contributed by atoms with Crippen molar-refractivity contribution in [1.82, 2.24) is 9.55 Å². The van der Waals surface area contributed by atoms with Gasteiger partial charge in [-0.05, 0) is 74.6 Å². The highest BCUT2D eigenvalue weighted by Crippen LogP contribution is 2.36. The molecule has 0 saturated carbocycles. The number of thioether (sulfide) groups is 1. The van der Waals surface area contributed by atoms with Crippen LogP contribution in [0.3, 0.4) is 0 Å². The molecular weight excluding hydrogens is 466 g/mol. The number of ether oxygens (including phenoxy) is 1. The Morgan fingerprint density at radius 3 is 2.97 bits per heavy atom. The zero-order valence-electron chi connectivity index (χ0n) is 20.0. The molecule has 2 aromatic heterocycles. The minimum absolute atomic E-state index is 0.0185. The molecule has 1 aliphatic carbocycles. The summed E-state index contributed by atoms with van der Waals surface area (Å²) >= 11 is 2.99. The number of hydrogen-bond acceptors (Lipinski definition) is 6. The van der Waals surface area contributed by atoms with E-state index in [2.05, 4.69) is 12.2 Å². The average molecular weight is 498 g/mol. The third-order valence-electron chi connectivity index (χ3n) is 6.79. The summed E-state index contributed by atoms with van der Waals surface area (Å²) in [6.45, 7) is 7.49. The van der Waals surface area contributed by atoms with E-state index in [1.54, 1.807) is 15.9 Å². The first-order valence-electron chi connectivity index (χ1n) is 12.1. The van der Waals surface area contributed by atoms with E-state index in [0.29, 0.717) is 17.6 Å². The van der Waals surface area contributed by atoms with Crippen LogP contribution in [-0.4, -0.2) is 33.9 Å². The smallest absolute Gasteiger partial charge is 0.263 e. The zero-order chi connectivity index (χ0) is 23.8. The molecule has 1 saturated heterocycles. The molecule has 1 fully saturated rings. The summed E-state index contributed by atoms with van der Waals surface area (Å²) in [5, 5.41) is 4.41. The van der Waals surface area contributed by atoms with E-state index in [9.17, 15) is 9.59 Å². The van der Waals surface area contributed by atoms with Crippen LogP contribution in [0.4, 0.5) is 5.69 Å². The first kappa shape index (κ1) is 23.6. The molecule has 2 aliphatic rings. The Bertz CT molecular complexity index is 1290. The van der Waals surface area contributed by atoms with Gasteiger partial charge in [0.15, 0.2) is 5.16 Å². The molecule has 0 radical (unpaired) electrons. The third-order valence-corrected chi connectivity index (χ3v) is 8.91. The number of rotatable bonds is 6. The van der Waals surface area contributed by atoms with Crippen molar-refractivity contribution in [3.05, 3.63) is 50.1 Å². The number of amides is 1. The molecule has 1 amide bonds. The number of hydrogen-bond donors (Lipinski definition) is 1. The van der Waals surface area contributed by atoms with Gasteiger partial charge in [0.1, 0.15) is 4.83 Å². The number of aryl methyl sites for hydroxylation is 3. The number of thiophene rings is 1. The van der Waals surface area contributed by atoms with E-state index in [-0.39, 0.29) is 23.3 Å². The van der Waals surface area contributed by atoms with E-state index < -0.39 is 0 Å². The van der Waals surface area contributed by atoms with Gasteiger partial charge in [-0.2, -0.15) is 0 Å². The van der Waals surface area contributed by atoms with Crippen molar-refractivity contribution in [1.29, 1.82) is 0 Å². The number of fused-ring (bicyclic) bond motifs is 3. The van der Waals surface area contributed by atoms with Crippen LogP contribution in [0.25, 0.3) is 10.2 Å². The largest absolute Gasteiger partial charge is 0.376 e. The summed E-state index contributed by atoms with van der Waals surface area (Å²) in [7, 11) is 0. The Kier molecular flexibility index (Phi) is 6.82. The molecule has 1 N–H and O–H groups in total. The molecule has 34 heavy (non-hydrogen) atoms. The SMILES string of the molecule is Cc1ccc(C)c(NC(=O)CSc2nc3sc4c(c3c(=O)n2CC2CCCO2)CCC(C)C4)c1. The summed E-state index contributed by atoms with van der Waals surface area (Å²) in [6.07, 6.45) is 5.05. The summed E-state index contributed by atoms with van der Waals surface area (Å²) in [5.41, 5.74) is 4.16. The standard InChI is InChI=1S/C26H31N3O3S2/c1-15-6-8-17(3)20(11-15)27-22(30)14-33-26-28-24-23(19-9-7-16(2)12-21(19)34-24)25(31)29(26)13-18-5-4-10-32-18/h6,8,11,16,18H,4-5,7,9-10,12-14H2,1-3H3,(H,27,30). The molecule has 0 bridgehead atoms. The van der Waals surface area contributed by atoms with Gasteiger partial charge in [0.25, 0.3) is 5.56 Å². The lowest BCUT2D eigenvalue weighted by Crippen LogP contribution is -2.29. The van der Waals surface area contributed by atoms with Crippen molar-refractivity contribution in [2.75, 3.05) is 17.7 Å². The number of benzene rings is 1. The maximum atomic E-state index is 13.7. The normalized spacial score (nSPS) is 20.0. The fourth-order valence-corrected chi connectivity index (χ4v) is 7.09. The second kappa shape index (κ2) is 9.84. The van der Waals surface area contributed by atoms with Gasteiger partial charge in [-0.3, -0.25) is 14.2 Å². The second-order valence-corrected chi connectivity index (χ2v) is 11.7. The number of nitrogens with zero attached hydrogens (tertiary/aromatic N) is 2. The van der Waals surface area contributed by atoms with Crippen LogP contribution >= 0.6 is 23.1 Å². The highest BCUT2D eigenvalue weighted by molar-refractivity contribution is 7.99. The van der Waals surface area contributed by atoms with Gasteiger partial charge in [0.05, 0.1) is 23.8 Å². The van der Waals surface area contributed by atoms with Gasteiger partial charge in [0.2, 0.25) is 5.91 Å². The Balaban J connectivity index is 1.44. The van der Waals surface area contributed by atoms with Gasteiger partial charge in [-0.15, -0.1) is 11.3 Å². The number of aromatic nitrogens is 2. The first-order valence-corrected chi connectivity index (χ1v) is 13.9. The highest BCUT2D eigenvalue weighted by atomic mass is 32.2. The lowest BCUT2D eigenvalue weighted by atomic mass is 9.89. The summed E-state index contributed by atoms with van der Waals surface area (Å²) in [4.78, 5) is 33.5. The maximum absolute atomic E-state index is 13.7. The molecule has 0 spiro atoms. The Hall–Kier alpha value is -2.16. The fourth-order valence-electron chi connectivity index (χ4n) is 4.85. The summed E-state index contributed by atoms with van der Waals surface area (Å²) in [6, 6.07) is 6.02. The Labute approximate surface area is 208 Å². The van der Waals surface area contributed by atoms with Gasteiger partial charge in [-0.1, -0.05) is 30.8 Å². The van der Waals surface area contributed by atoms with Crippen molar-refractivity contribution >= 4 is 44.9 Å². The molecule has 1 aliphatic heterocycles. The van der Waals surface area contributed by atoms with Crippen LogP contribution in [0.15, 0.2) is 28.2 Å². The number of nitrogens with one attached hydrogen (secondary N) is 1. The van der Waals surface area contributed by atoms with E-state index in [0.717, 1.165) is 65.7 Å². The minimum Gasteiger partial charge on any atom is -0.376 e. The Morgan fingerprint density at radius 2 is 2.18 bits per heavy atom. The predicted molar refractivity (Wildman–Crippen MR) is 139 cm³/mol. The third kappa shape index (κ3) is 4.81. The summed E-state index contributed by atoms with van der Waals surface area (Å²) in [5.74, 6) is 0.729. The molecule has 3 aromatic rings. The summed E-state index contributed by atoms with van der Waals surface area (Å²) < 4.78 is 7.61. The van der Waals surface area contributed by atoms with Crippen molar-refractivity contribution in [2.45, 2.75) is 70.7 Å². The van der Waals surface area contributed by atoms with Crippen LogP contribution in [0.1, 0.15) is 47.8 Å². The molecule has 5 rings (SSSR count). The number of carbonyl (C=O) groups excluding carboxylic acids is 1. The van der Waals surface area contributed by atoms with Crippen LogP contribution in [0, 0.1) is 19.8 Å². The van der Waals surface area contributed by atoms with Crippen molar-refractivity contribution < 1.29 is 9.53 Å². The highest BCUT2D eigenvalue weighted by Gasteiger charge is 2.26. The van der Waals surface area contributed by atoms with Crippen LogP contribution in [-0.2, 0) is 28.9 Å². The molecule has 1 aromatic carbocycles. The van der Waals surface area contributed by atoms with Crippen LogP contribution < -0.4 is 10.9 Å². The zero-order valence-corrected chi connectivity index (χ0v) is 21.6. The van der Waals surface area contributed by atoms with Gasteiger partial charge < -0.3 is 10.1 Å². The van der Waals surface area contributed by atoms with E-state index in [1.807, 2.05) is 32.0 Å². The second-order valence-electron chi connectivity index (χ2n) is 9.63. The monoisotopic (exact) mass is 497 g/mol. The predicted octanol–water partition coefficient (Wildman–Crippen LogP) is 5.11. The fraction of sp³-hybridized carbons (Fsp3) is 0.500. The van der Waals surface area contributed by atoms with Crippen molar-refractivity contribution in [3.8, 4) is 0 Å². The van der Waals surface area contributed by atoms with Crippen LogP contribution in [0.5, 0.6) is 0 Å². The average Bonchev–Trinajstić information content (AvgIpc) is 3.44. The van der Waals surface area contributed by atoms with E-state index in [1.165, 1.54) is 22.2 Å². The topological polar surface area (TPSA) is 73.2 Å². The molecule has 2 unspecified atom stereocenters. The van der Waals surface area contributed by atoms with Crippen molar-refractivity contribution in [3.63, 3.8) is 0 Å². The number of carbonyl (C=O) groups is 1. The lowest BCUT2D eigenvalue weighted by Gasteiger charge is -2.18. The Morgan fingerprint density at radius 1 is 1.32 bits per heavy atom. The van der Waals surface area contributed by atoms with Crippen molar-refractivity contribution in [2.24, 2.45) is 5.92 Å².